The quantitative estimate of drug-likeness (QED) is 0.828. The number of carbonyl (C=O) groups excluding carboxylic acids is 1. The molecule has 0 unspecified atom stereocenters. The van der Waals surface area contributed by atoms with Crippen molar-refractivity contribution in [3.8, 4) is 5.75 Å². The zero-order valence-electron chi connectivity index (χ0n) is 10.3. The van der Waals surface area contributed by atoms with Crippen molar-refractivity contribution in [2.75, 3.05) is 11.1 Å². The van der Waals surface area contributed by atoms with Crippen LogP contribution in [0.1, 0.15) is 0 Å². The Kier molecular flexibility index (Phi) is 4.68. The molecule has 0 bridgehead atoms. The van der Waals surface area contributed by atoms with Crippen LogP contribution in [0.25, 0.3) is 0 Å². The molecule has 1 aromatic carbocycles. The molecule has 1 aromatic heterocycles. The van der Waals surface area contributed by atoms with Gasteiger partial charge in [-0.3, -0.25) is 4.79 Å². The third kappa shape index (κ3) is 5.34. The molecule has 0 fully saturated rings. The highest BCUT2D eigenvalue weighted by Gasteiger charge is 2.30. The van der Waals surface area contributed by atoms with Crippen LogP contribution in [0.2, 0.25) is 0 Å². The molecule has 2 N–H and O–H groups in total. The molecule has 112 valence electrons. The standard InChI is InChI=1S/C11H9F3N4O2S/c12-11(13,14)20-8-3-1-7(2-4-8)16-9(19)6-21-10-5-15-18-17-10/h1-5H,6H2,(H,16,19)(H,15,17,18). The minimum atomic E-state index is -4.74. The van der Waals surface area contributed by atoms with Gasteiger partial charge >= 0.3 is 6.36 Å². The summed E-state index contributed by atoms with van der Waals surface area (Å²) in [6.07, 6.45) is -3.26. The molecule has 0 saturated carbocycles. The van der Waals surface area contributed by atoms with Crippen LogP contribution in [-0.4, -0.2) is 33.4 Å². The van der Waals surface area contributed by atoms with E-state index in [1.807, 2.05) is 0 Å². The van der Waals surface area contributed by atoms with Gasteiger partial charge in [0, 0.05) is 5.69 Å². The van der Waals surface area contributed by atoms with E-state index in [0.717, 1.165) is 12.1 Å². The van der Waals surface area contributed by atoms with Gasteiger partial charge in [0.2, 0.25) is 5.91 Å². The van der Waals surface area contributed by atoms with E-state index < -0.39 is 6.36 Å². The fourth-order valence-corrected chi connectivity index (χ4v) is 1.92. The number of aromatic nitrogens is 3. The number of alkyl halides is 3. The molecule has 2 rings (SSSR count). The average Bonchev–Trinajstić information content (AvgIpc) is 2.90. The van der Waals surface area contributed by atoms with E-state index >= 15 is 0 Å². The van der Waals surface area contributed by atoms with Crippen LogP contribution in [0.4, 0.5) is 18.9 Å². The molecule has 1 amide bonds. The molecule has 0 aliphatic rings. The third-order valence-corrected chi connectivity index (χ3v) is 3.01. The Morgan fingerprint density at radius 1 is 1.33 bits per heavy atom. The monoisotopic (exact) mass is 318 g/mol. The largest absolute Gasteiger partial charge is 0.573 e. The molecule has 0 saturated heterocycles. The number of anilines is 1. The zero-order valence-corrected chi connectivity index (χ0v) is 11.2. The molecule has 6 nitrogen and oxygen atoms in total. The summed E-state index contributed by atoms with van der Waals surface area (Å²) < 4.78 is 39.7. The van der Waals surface area contributed by atoms with Crippen molar-refractivity contribution in [2.45, 2.75) is 11.4 Å². The van der Waals surface area contributed by atoms with Crippen LogP contribution in [0.15, 0.2) is 35.5 Å². The number of halogens is 3. The van der Waals surface area contributed by atoms with Gasteiger partial charge in [-0.05, 0) is 24.3 Å². The van der Waals surface area contributed by atoms with Gasteiger partial charge in [-0.15, -0.1) is 18.3 Å². The van der Waals surface area contributed by atoms with E-state index in [-0.39, 0.29) is 17.4 Å². The Bertz CT molecular complexity index is 587. The molecule has 21 heavy (non-hydrogen) atoms. The van der Waals surface area contributed by atoms with Gasteiger partial charge in [-0.2, -0.15) is 10.3 Å². The fraction of sp³-hybridized carbons (Fsp3) is 0.182. The summed E-state index contributed by atoms with van der Waals surface area (Å²) in [5.41, 5.74) is 0.371. The summed E-state index contributed by atoms with van der Waals surface area (Å²) >= 11 is 1.18. The maximum Gasteiger partial charge on any atom is 0.573 e. The van der Waals surface area contributed by atoms with Crippen molar-refractivity contribution in [1.82, 2.24) is 15.4 Å². The lowest BCUT2D eigenvalue weighted by atomic mass is 10.3. The molecule has 0 aliphatic heterocycles. The third-order valence-electron chi connectivity index (χ3n) is 2.12. The predicted molar refractivity (Wildman–Crippen MR) is 68.9 cm³/mol. The number of hydrogen-bond donors (Lipinski definition) is 2. The van der Waals surface area contributed by atoms with Crippen LogP contribution in [0.3, 0.4) is 0 Å². The number of hydrogen-bond acceptors (Lipinski definition) is 5. The van der Waals surface area contributed by atoms with Crippen molar-refractivity contribution in [3.05, 3.63) is 30.5 Å². The second kappa shape index (κ2) is 6.48. The normalized spacial score (nSPS) is 11.2. The highest BCUT2D eigenvalue weighted by atomic mass is 32.2. The number of amides is 1. The lowest BCUT2D eigenvalue weighted by Crippen LogP contribution is -2.17. The lowest BCUT2D eigenvalue weighted by Gasteiger charge is -2.09. The van der Waals surface area contributed by atoms with E-state index in [1.165, 1.54) is 30.1 Å². The molecule has 0 aliphatic carbocycles. The van der Waals surface area contributed by atoms with Crippen molar-refractivity contribution in [1.29, 1.82) is 0 Å². The highest BCUT2D eigenvalue weighted by Crippen LogP contribution is 2.24. The molecular formula is C11H9F3N4O2S. The maximum atomic E-state index is 12.0. The van der Waals surface area contributed by atoms with E-state index in [1.54, 1.807) is 0 Å². The first-order chi connectivity index (χ1) is 9.92. The topological polar surface area (TPSA) is 79.9 Å². The molecular weight excluding hydrogens is 309 g/mol. The Hall–Kier alpha value is -2.23. The van der Waals surface area contributed by atoms with Gasteiger partial charge in [0.15, 0.2) is 0 Å². The summed E-state index contributed by atoms with van der Waals surface area (Å²) in [5.74, 6) is -0.558. The van der Waals surface area contributed by atoms with E-state index in [2.05, 4.69) is 25.5 Å². The second-order valence-electron chi connectivity index (χ2n) is 3.72. The predicted octanol–water partition coefficient (Wildman–Crippen LogP) is 2.43. The average molecular weight is 318 g/mol. The first-order valence-corrected chi connectivity index (χ1v) is 6.55. The van der Waals surface area contributed by atoms with E-state index in [0.29, 0.717) is 10.7 Å². The van der Waals surface area contributed by atoms with E-state index in [4.69, 9.17) is 0 Å². The Morgan fingerprint density at radius 2 is 2.05 bits per heavy atom. The Labute approximate surface area is 121 Å². The number of benzene rings is 1. The minimum Gasteiger partial charge on any atom is -0.406 e. The second-order valence-corrected chi connectivity index (χ2v) is 4.71. The van der Waals surface area contributed by atoms with Gasteiger partial charge < -0.3 is 10.1 Å². The Balaban J connectivity index is 1.83. The number of aromatic amines is 1. The molecule has 0 atom stereocenters. The number of H-pyrrole nitrogens is 1. The zero-order chi connectivity index (χ0) is 15.3. The summed E-state index contributed by atoms with van der Waals surface area (Å²) in [7, 11) is 0. The van der Waals surface area contributed by atoms with Gasteiger partial charge in [0.1, 0.15) is 10.8 Å². The van der Waals surface area contributed by atoms with Crippen molar-refractivity contribution in [2.24, 2.45) is 0 Å². The maximum absolute atomic E-state index is 12.0. The summed E-state index contributed by atoms with van der Waals surface area (Å²) in [5, 5.41) is 12.9. The van der Waals surface area contributed by atoms with Crippen LogP contribution >= 0.6 is 11.8 Å². The van der Waals surface area contributed by atoms with E-state index in [9.17, 15) is 18.0 Å². The van der Waals surface area contributed by atoms with Crippen LogP contribution < -0.4 is 10.1 Å². The smallest absolute Gasteiger partial charge is 0.406 e. The van der Waals surface area contributed by atoms with Gasteiger partial charge in [-0.1, -0.05) is 11.8 Å². The number of thioether (sulfide) groups is 1. The van der Waals surface area contributed by atoms with Crippen LogP contribution in [-0.2, 0) is 4.79 Å². The van der Waals surface area contributed by atoms with Gasteiger partial charge in [-0.25, -0.2) is 0 Å². The van der Waals surface area contributed by atoms with Crippen LogP contribution in [0.5, 0.6) is 5.75 Å². The molecule has 10 heteroatoms. The summed E-state index contributed by atoms with van der Waals surface area (Å²) in [6.45, 7) is 0. The number of ether oxygens (including phenoxy) is 1. The number of nitrogens with zero attached hydrogens (tertiary/aromatic N) is 2. The molecule has 0 spiro atoms. The lowest BCUT2D eigenvalue weighted by molar-refractivity contribution is -0.274. The summed E-state index contributed by atoms with van der Waals surface area (Å²) in [6, 6.07) is 4.88. The highest BCUT2D eigenvalue weighted by molar-refractivity contribution is 7.99. The van der Waals surface area contributed by atoms with Gasteiger partial charge in [0.25, 0.3) is 0 Å². The SMILES string of the molecule is O=C(CSc1cn[nH]n1)Nc1ccc(OC(F)(F)F)cc1. The minimum absolute atomic E-state index is 0.104. The molecule has 0 radical (unpaired) electrons. The van der Waals surface area contributed by atoms with Crippen LogP contribution in [0, 0.1) is 0 Å². The molecule has 2 aromatic rings. The van der Waals surface area contributed by atoms with Crippen molar-refractivity contribution < 1.29 is 22.7 Å². The molecule has 1 heterocycles. The number of carbonyl (C=O) groups is 1. The first kappa shape index (κ1) is 15.2. The van der Waals surface area contributed by atoms with Crippen molar-refractivity contribution in [3.63, 3.8) is 0 Å². The number of nitrogens with one attached hydrogen (secondary N) is 2. The Morgan fingerprint density at radius 3 is 2.62 bits per heavy atom. The fourth-order valence-electron chi connectivity index (χ4n) is 1.34. The number of rotatable bonds is 5. The van der Waals surface area contributed by atoms with Crippen molar-refractivity contribution >= 4 is 23.4 Å². The summed E-state index contributed by atoms with van der Waals surface area (Å²) in [4.78, 5) is 11.6. The first-order valence-electron chi connectivity index (χ1n) is 5.56. The van der Waals surface area contributed by atoms with Gasteiger partial charge in [0.05, 0.1) is 11.9 Å².